The molecule has 0 spiro atoms. The van der Waals surface area contributed by atoms with E-state index in [1.165, 1.54) is 9.21 Å². The van der Waals surface area contributed by atoms with E-state index in [1.807, 2.05) is 6.20 Å². The molecule has 10 heteroatoms. The maximum Gasteiger partial charge on any atom is 0.248 e. The fraction of sp³-hybridized carbons (Fsp3) is 0.714. The number of carbonyl (C=O) groups excluding carboxylic acids is 1. The molecule has 1 aliphatic carbocycles. The van der Waals surface area contributed by atoms with Crippen LogP contribution in [-0.2, 0) is 19.6 Å². The van der Waals surface area contributed by atoms with Gasteiger partial charge in [-0.1, -0.05) is 18.0 Å². The minimum Gasteiger partial charge on any atom is -0.370 e. The fourth-order valence-corrected chi connectivity index (χ4v) is 6.46. The minimum atomic E-state index is -3.81. The highest BCUT2D eigenvalue weighted by Gasteiger charge is 2.37. The van der Waals surface area contributed by atoms with Gasteiger partial charge in [0, 0.05) is 25.2 Å². The molecule has 31 heavy (non-hydrogen) atoms. The highest BCUT2D eigenvalue weighted by atomic mass is 32.2. The molecule has 9 nitrogen and oxygen atoms in total. The van der Waals surface area contributed by atoms with Crippen LogP contribution in [0, 0.1) is 12.8 Å². The lowest BCUT2D eigenvalue weighted by atomic mass is 9.98. The molecule has 3 fully saturated rings. The van der Waals surface area contributed by atoms with Gasteiger partial charge in [-0.05, 0) is 32.6 Å². The predicted molar refractivity (Wildman–Crippen MR) is 114 cm³/mol. The highest BCUT2D eigenvalue weighted by Crippen LogP contribution is 2.29. The molecule has 1 atom stereocenters. The van der Waals surface area contributed by atoms with Crippen molar-refractivity contribution >= 4 is 22.0 Å². The Labute approximate surface area is 183 Å². The van der Waals surface area contributed by atoms with Gasteiger partial charge in [0.2, 0.25) is 15.9 Å². The van der Waals surface area contributed by atoms with E-state index in [2.05, 4.69) is 10.5 Å². The second-order valence-corrected chi connectivity index (χ2v) is 10.6. The molecule has 3 heterocycles. The third-order valence-electron chi connectivity index (χ3n) is 6.49. The van der Waals surface area contributed by atoms with Crippen LogP contribution in [0.3, 0.4) is 0 Å². The summed E-state index contributed by atoms with van der Waals surface area (Å²) >= 11 is 0. The number of ether oxygens (including phenoxy) is 1. The molecule has 0 aromatic carbocycles. The maximum absolute atomic E-state index is 13.5. The van der Waals surface area contributed by atoms with Gasteiger partial charge in [0.25, 0.3) is 0 Å². The first-order valence-corrected chi connectivity index (χ1v) is 12.8. The first-order chi connectivity index (χ1) is 14.9. The van der Waals surface area contributed by atoms with Crippen LogP contribution >= 0.6 is 0 Å². The average Bonchev–Trinajstić information content (AvgIpc) is 3.42. The van der Waals surface area contributed by atoms with Crippen LogP contribution in [0.4, 0.5) is 0 Å². The predicted octanol–water partition coefficient (Wildman–Crippen LogP) is 0.328. The number of piperidine rings is 1. The normalized spacial score (nSPS) is 24.7. The molecule has 1 unspecified atom stereocenters. The Hall–Kier alpha value is -1.75. The van der Waals surface area contributed by atoms with Gasteiger partial charge in [0.05, 0.1) is 25.3 Å². The fourth-order valence-electron chi connectivity index (χ4n) is 4.69. The average molecular weight is 454 g/mol. The summed E-state index contributed by atoms with van der Waals surface area (Å²) in [5.41, 5.74) is 0.342. The van der Waals surface area contributed by atoms with Crippen LogP contribution in [0.2, 0.25) is 0 Å². The Morgan fingerprint density at radius 3 is 2.68 bits per heavy atom. The van der Waals surface area contributed by atoms with E-state index in [-0.39, 0.29) is 35.1 Å². The number of aromatic nitrogens is 1. The number of aryl methyl sites for hydroxylation is 1. The van der Waals surface area contributed by atoms with Crippen LogP contribution in [0.1, 0.15) is 50.0 Å². The Bertz CT molecular complexity index is 901. The summed E-state index contributed by atoms with van der Waals surface area (Å²) in [6.07, 6.45) is 9.30. The van der Waals surface area contributed by atoms with Crippen LogP contribution < -0.4 is 10.2 Å². The molecule has 1 aromatic heterocycles. The molecule has 172 valence electrons. The first-order valence-electron chi connectivity index (χ1n) is 11.3. The number of nitrogens with one attached hydrogen (secondary N) is 2. The monoisotopic (exact) mass is 453 g/mol. The van der Waals surface area contributed by atoms with Crippen LogP contribution in [0.5, 0.6) is 0 Å². The number of carbonyl (C=O) groups is 1. The lowest BCUT2D eigenvalue weighted by Gasteiger charge is -2.31. The van der Waals surface area contributed by atoms with Crippen molar-refractivity contribution < 1.29 is 27.4 Å². The van der Waals surface area contributed by atoms with Crippen LogP contribution in [-0.4, -0.2) is 69.2 Å². The van der Waals surface area contributed by atoms with Gasteiger partial charge in [0.1, 0.15) is 18.8 Å². The summed E-state index contributed by atoms with van der Waals surface area (Å²) < 4.78 is 39.1. The summed E-state index contributed by atoms with van der Waals surface area (Å²) in [6.45, 7) is 5.26. The molecule has 3 aliphatic rings. The summed E-state index contributed by atoms with van der Waals surface area (Å²) in [5.74, 6) is -0.0972. The van der Waals surface area contributed by atoms with E-state index in [9.17, 15) is 13.2 Å². The number of rotatable bonds is 6. The van der Waals surface area contributed by atoms with Gasteiger partial charge in [0.15, 0.2) is 10.7 Å². The zero-order valence-corrected chi connectivity index (χ0v) is 19.0. The van der Waals surface area contributed by atoms with E-state index >= 15 is 0 Å². The van der Waals surface area contributed by atoms with Crippen molar-refractivity contribution in [2.45, 2.75) is 56.4 Å². The number of amides is 1. The van der Waals surface area contributed by atoms with E-state index < -0.39 is 10.0 Å². The largest absolute Gasteiger partial charge is 0.370 e. The van der Waals surface area contributed by atoms with Crippen molar-refractivity contribution in [3.8, 4) is 0 Å². The van der Waals surface area contributed by atoms with Crippen molar-refractivity contribution in [1.29, 1.82) is 0 Å². The van der Waals surface area contributed by atoms with E-state index in [0.29, 0.717) is 38.3 Å². The highest BCUT2D eigenvalue weighted by molar-refractivity contribution is 7.89. The zero-order valence-electron chi connectivity index (χ0n) is 18.1. The van der Waals surface area contributed by atoms with Crippen molar-refractivity contribution in [1.82, 2.24) is 14.8 Å². The van der Waals surface area contributed by atoms with E-state index in [0.717, 1.165) is 38.8 Å². The quantitative estimate of drug-likeness (QED) is 0.643. The standard InChI is InChI=1S/C21H32N4O5S/c1-16-20(19(30-23-16)8-10-24-11-13-29-14-12-24)31(27,28)25-9-4-5-17(15-25)21(26)22-18-6-2-3-7-18/h8,10,17-18H,2-7,9,11-15H2,1H3,(H,22,26)/p+1. The van der Waals surface area contributed by atoms with E-state index in [4.69, 9.17) is 9.26 Å². The van der Waals surface area contributed by atoms with Gasteiger partial charge in [-0.25, -0.2) is 8.42 Å². The summed E-state index contributed by atoms with van der Waals surface area (Å²) in [5, 5.41) is 7.04. The lowest BCUT2D eigenvalue weighted by molar-refractivity contribution is -0.855. The number of hydrogen-bond acceptors (Lipinski definition) is 6. The van der Waals surface area contributed by atoms with Gasteiger partial charge in [-0.2, -0.15) is 4.31 Å². The third kappa shape index (κ3) is 5.19. The molecule has 1 amide bonds. The van der Waals surface area contributed by atoms with Gasteiger partial charge < -0.3 is 19.5 Å². The molecule has 2 saturated heterocycles. The molecule has 1 aromatic rings. The Morgan fingerprint density at radius 2 is 1.94 bits per heavy atom. The second-order valence-electron chi connectivity index (χ2n) is 8.76. The molecule has 2 N–H and O–H groups in total. The molecule has 0 bridgehead atoms. The zero-order chi connectivity index (χ0) is 21.8. The van der Waals surface area contributed by atoms with Gasteiger partial charge >= 0.3 is 0 Å². The second kappa shape index (κ2) is 9.81. The molecule has 2 aliphatic heterocycles. The number of hydrogen-bond donors (Lipinski definition) is 2. The van der Waals surface area contributed by atoms with Crippen molar-refractivity contribution in [2.24, 2.45) is 5.92 Å². The van der Waals surface area contributed by atoms with Gasteiger partial charge in [-0.15, -0.1) is 0 Å². The summed E-state index contributed by atoms with van der Waals surface area (Å²) in [4.78, 5) is 14.0. The number of nitrogens with zero attached hydrogens (tertiary/aromatic N) is 2. The Morgan fingerprint density at radius 1 is 1.19 bits per heavy atom. The van der Waals surface area contributed by atoms with Crippen molar-refractivity contribution in [3.63, 3.8) is 0 Å². The molecule has 0 radical (unpaired) electrons. The third-order valence-corrected chi connectivity index (χ3v) is 8.52. The lowest BCUT2D eigenvalue weighted by Crippen LogP contribution is -3.09. The molecular formula is C21H33N4O5S+. The molecule has 1 saturated carbocycles. The van der Waals surface area contributed by atoms with Crippen molar-refractivity contribution in [3.05, 3.63) is 17.7 Å². The topological polar surface area (TPSA) is 106 Å². The number of morpholine rings is 1. The van der Waals surface area contributed by atoms with Crippen LogP contribution in [0.15, 0.2) is 15.6 Å². The Balaban J connectivity index is 1.48. The summed E-state index contributed by atoms with van der Waals surface area (Å²) in [7, 11) is -3.81. The smallest absolute Gasteiger partial charge is 0.248 e. The minimum absolute atomic E-state index is 0.0233. The SMILES string of the molecule is Cc1noc(C=C[NH+]2CCOCC2)c1S(=O)(=O)N1CCCC(C(=O)NC2CCCC2)C1. The number of quaternary nitrogens is 1. The van der Waals surface area contributed by atoms with Crippen molar-refractivity contribution in [2.75, 3.05) is 39.4 Å². The number of sulfonamides is 1. The van der Waals surface area contributed by atoms with E-state index in [1.54, 1.807) is 13.0 Å². The first kappa shape index (κ1) is 22.4. The molecular weight excluding hydrogens is 420 g/mol. The van der Waals surface area contributed by atoms with Crippen LogP contribution in [0.25, 0.3) is 6.08 Å². The molecule has 4 rings (SSSR count). The maximum atomic E-state index is 13.5. The van der Waals surface area contributed by atoms with Gasteiger partial charge in [-0.3, -0.25) is 4.79 Å². The Kier molecular flexibility index (Phi) is 7.10. The summed E-state index contributed by atoms with van der Waals surface area (Å²) in [6, 6.07) is 0.235.